The first-order valence-electron chi connectivity index (χ1n) is 10.5. The Morgan fingerprint density at radius 3 is 2.29 bits per heavy atom. The largest absolute Gasteiger partial charge is 0.480 e. The summed E-state index contributed by atoms with van der Waals surface area (Å²) in [5.41, 5.74) is 6.43. The number of likely N-dealkylation sites (tertiary alicyclic amines) is 1. The number of nitrogens with two attached hydrogens (primary N) is 1. The van der Waals surface area contributed by atoms with Gasteiger partial charge in [-0.1, -0.05) is 44.2 Å². The monoisotopic (exact) mass is 432 g/mol. The van der Waals surface area contributed by atoms with Crippen molar-refractivity contribution < 1.29 is 24.3 Å². The fourth-order valence-corrected chi connectivity index (χ4v) is 3.62. The van der Waals surface area contributed by atoms with E-state index in [0.717, 1.165) is 5.56 Å². The summed E-state index contributed by atoms with van der Waals surface area (Å²) in [4.78, 5) is 51.2. The van der Waals surface area contributed by atoms with Gasteiger partial charge in [0, 0.05) is 13.0 Å². The molecular formula is C22H32N4O5. The van der Waals surface area contributed by atoms with E-state index in [-0.39, 0.29) is 12.3 Å². The highest BCUT2D eigenvalue weighted by molar-refractivity contribution is 5.94. The molecule has 3 amide bonds. The maximum absolute atomic E-state index is 13.3. The lowest BCUT2D eigenvalue weighted by atomic mass is 10.00. The lowest BCUT2D eigenvalue weighted by Gasteiger charge is -2.30. The molecule has 0 aliphatic carbocycles. The van der Waals surface area contributed by atoms with Gasteiger partial charge in [0.2, 0.25) is 17.7 Å². The Morgan fingerprint density at radius 2 is 1.74 bits per heavy atom. The standard InChI is InChI=1S/C22H32N4O5/c1-13(2)18(25-19(27)14(3)23)20(28)24-16(12-15-8-5-4-6-9-15)21(29)26-11-7-10-17(26)22(30)31/h4-6,8-9,13-14,16-18H,7,10-12,23H2,1-3H3,(H,24,28)(H,25,27)(H,30,31). The lowest BCUT2D eigenvalue weighted by Crippen LogP contribution is -2.58. The van der Waals surface area contributed by atoms with E-state index in [9.17, 15) is 24.3 Å². The summed E-state index contributed by atoms with van der Waals surface area (Å²) in [6.07, 6.45) is 1.18. The van der Waals surface area contributed by atoms with Crippen LogP contribution in [0.1, 0.15) is 39.2 Å². The average molecular weight is 433 g/mol. The maximum atomic E-state index is 13.3. The Kier molecular flexibility index (Phi) is 8.56. The van der Waals surface area contributed by atoms with Crippen molar-refractivity contribution in [2.45, 2.75) is 64.2 Å². The van der Waals surface area contributed by atoms with Gasteiger partial charge < -0.3 is 26.4 Å². The Hall–Kier alpha value is -2.94. The van der Waals surface area contributed by atoms with E-state index in [2.05, 4.69) is 10.6 Å². The summed E-state index contributed by atoms with van der Waals surface area (Å²) in [5, 5.41) is 14.8. The zero-order chi connectivity index (χ0) is 23.1. The molecule has 1 saturated heterocycles. The normalized spacial score (nSPS) is 18.9. The molecule has 1 heterocycles. The van der Waals surface area contributed by atoms with E-state index < -0.39 is 47.9 Å². The molecule has 0 aromatic heterocycles. The summed E-state index contributed by atoms with van der Waals surface area (Å²) >= 11 is 0. The predicted molar refractivity (Wildman–Crippen MR) is 115 cm³/mol. The molecule has 1 fully saturated rings. The predicted octanol–water partition coefficient (Wildman–Crippen LogP) is 0.278. The Balaban J connectivity index is 2.25. The van der Waals surface area contributed by atoms with Gasteiger partial charge in [-0.05, 0) is 31.2 Å². The van der Waals surface area contributed by atoms with Gasteiger partial charge in [-0.15, -0.1) is 0 Å². The van der Waals surface area contributed by atoms with Gasteiger partial charge in [-0.2, -0.15) is 0 Å². The lowest BCUT2D eigenvalue weighted by molar-refractivity contribution is -0.149. The van der Waals surface area contributed by atoms with Crippen LogP contribution in [0.2, 0.25) is 0 Å². The number of amides is 3. The van der Waals surface area contributed by atoms with Crippen LogP contribution < -0.4 is 16.4 Å². The molecule has 5 N–H and O–H groups in total. The van der Waals surface area contributed by atoms with Gasteiger partial charge in [0.05, 0.1) is 6.04 Å². The van der Waals surface area contributed by atoms with Crippen LogP contribution in [0.15, 0.2) is 30.3 Å². The zero-order valence-electron chi connectivity index (χ0n) is 18.2. The summed E-state index contributed by atoms with van der Waals surface area (Å²) < 4.78 is 0. The van der Waals surface area contributed by atoms with Crippen LogP contribution in [0.5, 0.6) is 0 Å². The quantitative estimate of drug-likeness (QED) is 0.441. The van der Waals surface area contributed by atoms with Crippen LogP contribution in [-0.4, -0.2) is 64.4 Å². The van der Waals surface area contributed by atoms with E-state index in [1.54, 1.807) is 13.8 Å². The molecule has 9 heteroatoms. The summed E-state index contributed by atoms with van der Waals surface area (Å²) in [6.45, 7) is 5.40. The Bertz CT molecular complexity index is 796. The third kappa shape index (κ3) is 6.52. The van der Waals surface area contributed by atoms with Crippen LogP contribution >= 0.6 is 0 Å². The molecule has 4 unspecified atom stereocenters. The van der Waals surface area contributed by atoms with Crippen LogP contribution in [0.4, 0.5) is 0 Å². The number of hydrogen-bond donors (Lipinski definition) is 4. The summed E-state index contributed by atoms with van der Waals surface area (Å²) in [7, 11) is 0. The molecule has 1 aromatic carbocycles. The number of carbonyl (C=O) groups is 4. The Labute approximate surface area is 182 Å². The first kappa shape index (κ1) is 24.3. The van der Waals surface area contributed by atoms with Crippen molar-refractivity contribution in [1.29, 1.82) is 0 Å². The molecule has 0 spiro atoms. The van der Waals surface area contributed by atoms with Crippen molar-refractivity contribution >= 4 is 23.7 Å². The molecule has 1 aliphatic rings. The van der Waals surface area contributed by atoms with Gasteiger partial charge in [0.15, 0.2) is 0 Å². The van der Waals surface area contributed by atoms with Crippen LogP contribution in [0.3, 0.4) is 0 Å². The molecule has 0 saturated carbocycles. The van der Waals surface area contributed by atoms with Gasteiger partial charge in [0.25, 0.3) is 0 Å². The SMILES string of the molecule is CC(N)C(=O)NC(C(=O)NC(Cc1ccccc1)C(=O)N1CCCC1C(=O)O)C(C)C. The number of carboxylic acids is 1. The van der Waals surface area contributed by atoms with E-state index in [1.165, 1.54) is 11.8 Å². The number of aliphatic carboxylic acids is 1. The molecule has 0 radical (unpaired) electrons. The van der Waals surface area contributed by atoms with E-state index in [0.29, 0.717) is 19.4 Å². The molecule has 4 atom stereocenters. The first-order valence-corrected chi connectivity index (χ1v) is 10.5. The zero-order valence-corrected chi connectivity index (χ0v) is 18.2. The first-order chi connectivity index (χ1) is 14.6. The molecule has 0 bridgehead atoms. The minimum absolute atomic E-state index is 0.209. The number of hydrogen-bond acceptors (Lipinski definition) is 5. The van der Waals surface area contributed by atoms with Crippen molar-refractivity contribution in [3.8, 4) is 0 Å². The van der Waals surface area contributed by atoms with E-state index >= 15 is 0 Å². The number of rotatable bonds is 9. The van der Waals surface area contributed by atoms with Gasteiger partial charge in [-0.25, -0.2) is 4.79 Å². The molecular weight excluding hydrogens is 400 g/mol. The highest BCUT2D eigenvalue weighted by atomic mass is 16.4. The van der Waals surface area contributed by atoms with Crippen molar-refractivity contribution in [2.75, 3.05) is 6.54 Å². The van der Waals surface area contributed by atoms with E-state index in [1.807, 2.05) is 30.3 Å². The van der Waals surface area contributed by atoms with Gasteiger partial charge >= 0.3 is 5.97 Å². The molecule has 1 aromatic rings. The van der Waals surface area contributed by atoms with Gasteiger partial charge in [-0.3, -0.25) is 14.4 Å². The highest BCUT2D eigenvalue weighted by Gasteiger charge is 2.38. The molecule has 170 valence electrons. The molecule has 1 aliphatic heterocycles. The topological polar surface area (TPSA) is 142 Å². The number of benzene rings is 1. The molecule has 2 rings (SSSR count). The number of nitrogens with zero attached hydrogens (tertiary/aromatic N) is 1. The third-order valence-corrected chi connectivity index (χ3v) is 5.38. The highest BCUT2D eigenvalue weighted by Crippen LogP contribution is 2.20. The molecule has 31 heavy (non-hydrogen) atoms. The number of carbonyl (C=O) groups excluding carboxylic acids is 3. The Morgan fingerprint density at radius 1 is 1.10 bits per heavy atom. The minimum Gasteiger partial charge on any atom is -0.480 e. The summed E-state index contributed by atoms with van der Waals surface area (Å²) in [5.74, 6) is -2.72. The van der Waals surface area contributed by atoms with Crippen molar-refractivity contribution in [1.82, 2.24) is 15.5 Å². The second kappa shape index (κ2) is 10.9. The fourth-order valence-electron chi connectivity index (χ4n) is 3.62. The third-order valence-electron chi connectivity index (χ3n) is 5.38. The van der Waals surface area contributed by atoms with Gasteiger partial charge in [0.1, 0.15) is 18.1 Å². The smallest absolute Gasteiger partial charge is 0.326 e. The fraction of sp³-hybridized carbons (Fsp3) is 0.545. The number of nitrogens with one attached hydrogen (secondary N) is 2. The van der Waals surface area contributed by atoms with Crippen molar-refractivity contribution in [2.24, 2.45) is 11.7 Å². The van der Waals surface area contributed by atoms with Crippen molar-refractivity contribution in [3.63, 3.8) is 0 Å². The number of carboxylic acid groups (broad SMARTS) is 1. The van der Waals surface area contributed by atoms with Crippen LogP contribution in [0.25, 0.3) is 0 Å². The van der Waals surface area contributed by atoms with Crippen LogP contribution in [0, 0.1) is 5.92 Å². The summed E-state index contributed by atoms with van der Waals surface area (Å²) in [6, 6.07) is 5.66. The van der Waals surface area contributed by atoms with Crippen molar-refractivity contribution in [3.05, 3.63) is 35.9 Å². The second-order valence-corrected chi connectivity index (χ2v) is 8.30. The average Bonchev–Trinajstić information content (AvgIpc) is 3.21. The second-order valence-electron chi connectivity index (χ2n) is 8.30. The minimum atomic E-state index is -1.06. The van der Waals surface area contributed by atoms with E-state index in [4.69, 9.17) is 5.73 Å². The maximum Gasteiger partial charge on any atom is 0.326 e. The van der Waals surface area contributed by atoms with Crippen LogP contribution in [-0.2, 0) is 25.6 Å². The molecule has 9 nitrogen and oxygen atoms in total.